The number of benzene rings is 8. The smallest absolute Gasteiger partial charge is 0.122 e. The molecule has 0 aromatic heterocycles. The molecule has 0 saturated heterocycles. The second-order valence-corrected chi connectivity index (χ2v) is 15.5. The van der Waals surface area contributed by atoms with Crippen molar-refractivity contribution in [1.29, 1.82) is 5.41 Å². The van der Waals surface area contributed by atoms with Crippen LogP contribution in [0.2, 0.25) is 0 Å². The van der Waals surface area contributed by atoms with Crippen LogP contribution < -0.4 is 5.73 Å². The van der Waals surface area contributed by atoms with Crippen LogP contribution in [0.3, 0.4) is 0 Å². The molecule has 0 bridgehead atoms. The molecule has 56 heavy (non-hydrogen) atoms. The zero-order valence-corrected chi connectivity index (χ0v) is 31.8. The minimum Gasteiger partial charge on any atom is -0.384 e. The van der Waals surface area contributed by atoms with Crippen LogP contribution in [-0.2, 0) is 17.3 Å². The lowest BCUT2D eigenvalue weighted by atomic mass is 9.67. The third kappa shape index (κ3) is 5.77. The Kier molecular flexibility index (Phi) is 8.83. The fraction of sp³-hybridized carbons (Fsp3) is 0.0926. The number of amidine groups is 1. The molecule has 10 rings (SSSR count). The van der Waals surface area contributed by atoms with Gasteiger partial charge in [0, 0.05) is 11.0 Å². The standard InChI is InChI=1S/C41H32N2.C13H12/c1-40(2)36-24-26(20-22-31(36)32-23-21-27(39(42)43)25-37(32)40)30-17-11-19-35-38(30)33-16-9-10-18-34(33)41(35,28-12-5-3-6-13-28)29-14-7-4-8-15-29;1-3-7-12(8-4-1)11-13-9-5-2-6-10-13/h3-25H,1-2H3,(H3,42,43);1-10H,11H2. The molecule has 0 saturated carbocycles. The Bertz CT molecular complexity index is 2620. The van der Waals surface area contributed by atoms with Gasteiger partial charge in [0.15, 0.2) is 0 Å². The van der Waals surface area contributed by atoms with Gasteiger partial charge in [-0.1, -0.05) is 202 Å². The van der Waals surface area contributed by atoms with Crippen LogP contribution in [-0.4, -0.2) is 5.84 Å². The number of nitrogen functional groups attached to an aromatic ring is 1. The molecule has 0 fully saturated rings. The van der Waals surface area contributed by atoms with Crippen LogP contribution in [0.25, 0.3) is 33.4 Å². The van der Waals surface area contributed by atoms with Crippen molar-refractivity contribution < 1.29 is 0 Å². The fourth-order valence-corrected chi connectivity index (χ4v) is 9.23. The van der Waals surface area contributed by atoms with Gasteiger partial charge in [-0.25, -0.2) is 0 Å². The number of rotatable bonds is 6. The van der Waals surface area contributed by atoms with Crippen molar-refractivity contribution in [3.63, 3.8) is 0 Å². The highest BCUT2D eigenvalue weighted by Crippen LogP contribution is 2.59. The molecule has 0 heterocycles. The van der Waals surface area contributed by atoms with Gasteiger partial charge in [-0.15, -0.1) is 0 Å². The van der Waals surface area contributed by atoms with Gasteiger partial charge < -0.3 is 5.73 Å². The predicted octanol–water partition coefficient (Wildman–Crippen LogP) is 12.6. The van der Waals surface area contributed by atoms with Crippen molar-refractivity contribution in [3.05, 3.63) is 250 Å². The quantitative estimate of drug-likeness (QED) is 0.130. The predicted molar refractivity (Wildman–Crippen MR) is 233 cm³/mol. The van der Waals surface area contributed by atoms with Crippen LogP contribution >= 0.6 is 0 Å². The molecule has 0 aliphatic heterocycles. The number of hydrogen-bond acceptors (Lipinski definition) is 1. The van der Waals surface area contributed by atoms with Crippen LogP contribution in [0.5, 0.6) is 0 Å². The van der Waals surface area contributed by atoms with Gasteiger partial charge in [-0.3, -0.25) is 5.41 Å². The fourth-order valence-electron chi connectivity index (χ4n) is 9.23. The number of nitrogens with two attached hydrogens (primary N) is 1. The first kappa shape index (κ1) is 35.0. The number of nitrogens with one attached hydrogen (secondary N) is 1. The average molecular weight is 721 g/mol. The molecular formula is C54H44N2. The normalized spacial score (nSPS) is 13.7. The summed E-state index contributed by atoms with van der Waals surface area (Å²) >= 11 is 0. The molecule has 8 aromatic carbocycles. The van der Waals surface area contributed by atoms with Gasteiger partial charge >= 0.3 is 0 Å². The van der Waals surface area contributed by atoms with Crippen LogP contribution in [0.4, 0.5) is 0 Å². The van der Waals surface area contributed by atoms with Crippen molar-refractivity contribution in [2.75, 3.05) is 0 Å². The summed E-state index contributed by atoms with van der Waals surface area (Å²) in [6.07, 6.45) is 1.03. The molecule has 2 nitrogen and oxygen atoms in total. The van der Waals surface area contributed by atoms with E-state index in [1.165, 1.54) is 77.9 Å². The van der Waals surface area contributed by atoms with E-state index in [1.54, 1.807) is 0 Å². The van der Waals surface area contributed by atoms with E-state index in [0.29, 0.717) is 0 Å². The SMILES string of the molecule is CC1(C)c2cc(C(=N)N)ccc2-c2ccc(-c3cccc4c3-c3ccccc3C4(c3ccccc3)c3ccccc3)cc21.c1ccc(Cc2ccccc2)cc1. The Balaban J connectivity index is 0.000000267. The molecule has 0 spiro atoms. The Morgan fingerprint density at radius 2 is 0.929 bits per heavy atom. The number of fused-ring (bicyclic) bond motifs is 6. The van der Waals surface area contributed by atoms with Gasteiger partial charge in [0.25, 0.3) is 0 Å². The first-order chi connectivity index (χ1) is 27.4. The summed E-state index contributed by atoms with van der Waals surface area (Å²) in [6.45, 7) is 4.57. The summed E-state index contributed by atoms with van der Waals surface area (Å²) in [5.74, 6) is 0.106. The first-order valence-corrected chi connectivity index (χ1v) is 19.4. The lowest BCUT2D eigenvalue weighted by Gasteiger charge is -2.34. The highest BCUT2D eigenvalue weighted by Gasteiger charge is 2.47. The molecule has 0 unspecified atom stereocenters. The van der Waals surface area contributed by atoms with E-state index in [9.17, 15) is 0 Å². The summed E-state index contributed by atoms with van der Waals surface area (Å²) < 4.78 is 0. The maximum absolute atomic E-state index is 8.00. The molecule has 270 valence electrons. The van der Waals surface area contributed by atoms with Gasteiger partial charge in [-0.05, 0) is 96.4 Å². The third-order valence-corrected chi connectivity index (χ3v) is 11.9. The van der Waals surface area contributed by atoms with E-state index in [-0.39, 0.29) is 11.3 Å². The molecule has 8 aromatic rings. The van der Waals surface area contributed by atoms with Crippen molar-refractivity contribution in [2.45, 2.75) is 31.1 Å². The van der Waals surface area contributed by atoms with Gasteiger partial charge in [-0.2, -0.15) is 0 Å². The first-order valence-electron chi connectivity index (χ1n) is 19.4. The summed E-state index contributed by atoms with van der Waals surface area (Å²) in [7, 11) is 0. The van der Waals surface area contributed by atoms with Gasteiger partial charge in [0.2, 0.25) is 0 Å². The highest BCUT2D eigenvalue weighted by atomic mass is 14.7. The zero-order chi connectivity index (χ0) is 38.3. The zero-order valence-electron chi connectivity index (χ0n) is 31.8. The van der Waals surface area contributed by atoms with E-state index in [2.05, 4.69) is 208 Å². The van der Waals surface area contributed by atoms with Crippen molar-refractivity contribution in [1.82, 2.24) is 0 Å². The summed E-state index contributed by atoms with van der Waals surface area (Å²) in [5, 5.41) is 8.00. The maximum Gasteiger partial charge on any atom is 0.122 e. The van der Waals surface area contributed by atoms with Gasteiger partial charge in [0.05, 0.1) is 5.41 Å². The second kappa shape index (κ2) is 14.1. The highest BCUT2D eigenvalue weighted by molar-refractivity contribution is 5.98. The molecule has 0 amide bonds. The topological polar surface area (TPSA) is 49.9 Å². The molecule has 2 aliphatic rings. The summed E-state index contributed by atoms with van der Waals surface area (Å²) in [4.78, 5) is 0. The molecule has 0 radical (unpaired) electrons. The third-order valence-electron chi connectivity index (χ3n) is 11.9. The minimum absolute atomic E-state index is 0.106. The van der Waals surface area contributed by atoms with Crippen molar-refractivity contribution in [3.8, 4) is 33.4 Å². The van der Waals surface area contributed by atoms with Gasteiger partial charge in [0.1, 0.15) is 5.84 Å². The Morgan fingerprint density at radius 3 is 1.52 bits per heavy atom. The molecule has 2 aliphatic carbocycles. The monoisotopic (exact) mass is 720 g/mol. The van der Waals surface area contributed by atoms with Crippen LogP contribution in [0, 0.1) is 5.41 Å². The average Bonchev–Trinajstić information content (AvgIpc) is 3.68. The van der Waals surface area contributed by atoms with Crippen LogP contribution in [0.15, 0.2) is 200 Å². The molecular weight excluding hydrogens is 677 g/mol. The minimum atomic E-state index is -0.417. The maximum atomic E-state index is 8.00. The van der Waals surface area contributed by atoms with Crippen molar-refractivity contribution >= 4 is 5.84 Å². The molecule has 3 N–H and O–H groups in total. The van der Waals surface area contributed by atoms with E-state index < -0.39 is 5.41 Å². The Morgan fingerprint density at radius 1 is 0.446 bits per heavy atom. The Labute approximate surface area is 330 Å². The summed E-state index contributed by atoms with van der Waals surface area (Å²) in [6, 6.07) is 71.9. The van der Waals surface area contributed by atoms with E-state index in [4.69, 9.17) is 11.1 Å². The lowest BCUT2D eigenvalue weighted by molar-refractivity contribution is 0.660. The van der Waals surface area contributed by atoms with E-state index >= 15 is 0 Å². The summed E-state index contributed by atoms with van der Waals surface area (Å²) in [5.41, 5.74) is 24.0. The second-order valence-electron chi connectivity index (χ2n) is 15.5. The van der Waals surface area contributed by atoms with Crippen LogP contribution in [0.1, 0.15) is 63.9 Å². The lowest BCUT2D eigenvalue weighted by Crippen LogP contribution is -2.28. The van der Waals surface area contributed by atoms with E-state index in [0.717, 1.165) is 12.0 Å². The molecule has 2 heteroatoms. The van der Waals surface area contributed by atoms with Crippen molar-refractivity contribution in [2.24, 2.45) is 5.73 Å². The number of hydrogen-bond donors (Lipinski definition) is 2. The largest absolute Gasteiger partial charge is 0.384 e. The Hall–Kier alpha value is -6.77. The van der Waals surface area contributed by atoms with E-state index in [1.807, 2.05) is 6.07 Å². The molecule has 0 atom stereocenters.